The topological polar surface area (TPSA) is 98.1 Å². The van der Waals surface area contributed by atoms with Gasteiger partial charge in [0.2, 0.25) is 10.0 Å². The molecule has 0 aliphatic carbocycles. The van der Waals surface area contributed by atoms with Crippen molar-refractivity contribution in [3.63, 3.8) is 0 Å². The van der Waals surface area contributed by atoms with Crippen molar-refractivity contribution in [3.05, 3.63) is 122 Å². The lowest BCUT2D eigenvalue weighted by atomic mass is 10.0. The fourth-order valence-corrected chi connectivity index (χ4v) is 6.30. The highest BCUT2D eigenvalue weighted by Crippen LogP contribution is 2.34. The summed E-state index contributed by atoms with van der Waals surface area (Å²) in [6.07, 6.45) is 4.36. The Labute approximate surface area is 251 Å². The lowest BCUT2D eigenvalue weighted by molar-refractivity contribution is 0.415. The number of aromatic nitrogens is 3. The molecular formula is C34H31N5O3S. The Morgan fingerprint density at radius 1 is 0.814 bits per heavy atom. The molecule has 0 unspecified atom stereocenters. The Bertz CT molecular complexity index is 1970. The summed E-state index contributed by atoms with van der Waals surface area (Å²) in [5, 5.41) is 9.87. The average Bonchev–Trinajstić information content (AvgIpc) is 3.51. The fraction of sp³-hybridized carbons (Fsp3) is 0.118. The Kier molecular flexibility index (Phi) is 8.17. The molecule has 216 valence electrons. The van der Waals surface area contributed by atoms with Crippen molar-refractivity contribution in [2.75, 3.05) is 25.5 Å². The van der Waals surface area contributed by atoms with E-state index < -0.39 is 10.0 Å². The first-order valence-corrected chi connectivity index (χ1v) is 15.5. The van der Waals surface area contributed by atoms with E-state index in [9.17, 15) is 8.42 Å². The monoisotopic (exact) mass is 589 g/mol. The number of anilines is 1. The van der Waals surface area contributed by atoms with Crippen LogP contribution >= 0.6 is 0 Å². The Morgan fingerprint density at radius 2 is 1.60 bits per heavy atom. The molecule has 2 heterocycles. The Balaban J connectivity index is 1.17. The van der Waals surface area contributed by atoms with Gasteiger partial charge < -0.3 is 10.1 Å². The Hall–Kier alpha value is -4.99. The standard InChI is InChI=1S/C34H31N5O3S/c1-42-29-15-7-12-27(22-29)34-31(24-39(38-34)28-13-3-2-4-14-28)26-18-21-36-33(23-26)35-19-9-20-37-43(40,41)32-17-8-11-25-10-5-6-16-30(25)32/h2-8,10-18,21-24,37H,9,19-20H2,1H3,(H,35,36). The van der Waals surface area contributed by atoms with Crippen LogP contribution in [0.1, 0.15) is 6.42 Å². The third kappa shape index (κ3) is 6.28. The number of para-hydroxylation sites is 1. The predicted molar refractivity (Wildman–Crippen MR) is 171 cm³/mol. The highest BCUT2D eigenvalue weighted by molar-refractivity contribution is 7.89. The highest BCUT2D eigenvalue weighted by atomic mass is 32.2. The van der Waals surface area contributed by atoms with Gasteiger partial charge in [-0.15, -0.1) is 0 Å². The highest BCUT2D eigenvalue weighted by Gasteiger charge is 2.17. The molecule has 6 rings (SSSR count). The van der Waals surface area contributed by atoms with E-state index in [2.05, 4.69) is 15.0 Å². The first-order valence-electron chi connectivity index (χ1n) is 14.0. The molecule has 0 saturated heterocycles. The summed E-state index contributed by atoms with van der Waals surface area (Å²) in [6, 6.07) is 34.6. The molecule has 0 atom stereocenters. The fourth-order valence-electron chi connectivity index (χ4n) is 5.00. The molecular weight excluding hydrogens is 558 g/mol. The van der Waals surface area contributed by atoms with Crippen LogP contribution < -0.4 is 14.8 Å². The first-order chi connectivity index (χ1) is 21.0. The minimum absolute atomic E-state index is 0.288. The lowest BCUT2D eigenvalue weighted by Gasteiger charge is -2.11. The van der Waals surface area contributed by atoms with Gasteiger partial charge in [0.05, 0.1) is 17.7 Å². The van der Waals surface area contributed by atoms with E-state index in [1.165, 1.54) is 0 Å². The number of nitrogens with zero attached hydrogens (tertiary/aromatic N) is 3. The second-order valence-electron chi connectivity index (χ2n) is 9.99. The van der Waals surface area contributed by atoms with Crippen molar-refractivity contribution in [1.82, 2.24) is 19.5 Å². The summed E-state index contributed by atoms with van der Waals surface area (Å²) in [6.45, 7) is 0.836. The number of pyridine rings is 1. The van der Waals surface area contributed by atoms with E-state index in [1.807, 2.05) is 108 Å². The number of methoxy groups -OCH3 is 1. The van der Waals surface area contributed by atoms with E-state index in [4.69, 9.17) is 9.84 Å². The Morgan fingerprint density at radius 3 is 2.47 bits per heavy atom. The van der Waals surface area contributed by atoms with Crippen LogP contribution in [-0.4, -0.2) is 43.4 Å². The molecule has 0 amide bonds. The summed E-state index contributed by atoms with van der Waals surface area (Å²) >= 11 is 0. The molecule has 9 heteroatoms. The third-order valence-corrected chi connectivity index (χ3v) is 8.66. The molecule has 0 bridgehead atoms. The van der Waals surface area contributed by atoms with Gasteiger partial charge in [-0.05, 0) is 59.8 Å². The number of benzene rings is 4. The van der Waals surface area contributed by atoms with Crippen LogP contribution in [0.15, 0.2) is 126 Å². The van der Waals surface area contributed by atoms with Crippen molar-refractivity contribution in [2.45, 2.75) is 11.3 Å². The molecule has 2 N–H and O–H groups in total. The number of rotatable bonds is 11. The molecule has 0 aliphatic rings. The van der Waals surface area contributed by atoms with Gasteiger partial charge in [-0.1, -0.05) is 66.7 Å². The van der Waals surface area contributed by atoms with E-state index in [0.717, 1.165) is 39.2 Å². The number of hydrogen-bond acceptors (Lipinski definition) is 6. The second kappa shape index (κ2) is 12.5. The molecule has 4 aromatic carbocycles. The van der Waals surface area contributed by atoms with Crippen LogP contribution in [0.4, 0.5) is 5.82 Å². The van der Waals surface area contributed by atoms with Crippen LogP contribution in [0.2, 0.25) is 0 Å². The first kappa shape index (κ1) is 28.1. The van der Waals surface area contributed by atoms with Crippen LogP contribution in [-0.2, 0) is 10.0 Å². The quantitative estimate of drug-likeness (QED) is 0.167. The van der Waals surface area contributed by atoms with Crippen molar-refractivity contribution < 1.29 is 13.2 Å². The number of sulfonamides is 1. The van der Waals surface area contributed by atoms with E-state index in [-0.39, 0.29) is 4.90 Å². The van der Waals surface area contributed by atoms with E-state index in [1.54, 1.807) is 25.4 Å². The molecule has 0 saturated carbocycles. The van der Waals surface area contributed by atoms with Crippen LogP contribution in [0, 0.1) is 0 Å². The number of fused-ring (bicyclic) bond motifs is 1. The van der Waals surface area contributed by atoms with Gasteiger partial charge >= 0.3 is 0 Å². The predicted octanol–water partition coefficient (Wildman–Crippen LogP) is 6.54. The van der Waals surface area contributed by atoms with Gasteiger partial charge in [-0.3, -0.25) is 0 Å². The average molecular weight is 590 g/mol. The van der Waals surface area contributed by atoms with Gasteiger partial charge in [-0.25, -0.2) is 22.8 Å². The lowest BCUT2D eigenvalue weighted by Crippen LogP contribution is -2.26. The summed E-state index contributed by atoms with van der Waals surface area (Å²) in [5.41, 5.74) is 4.62. The zero-order valence-electron chi connectivity index (χ0n) is 23.6. The zero-order chi connectivity index (χ0) is 29.6. The van der Waals surface area contributed by atoms with Crippen molar-refractivity contribution in [3.8, 4) is 33.8 Å². The maximum Gasteiger partial charge on any atom is 0.241 e. The summed E-state index contributed by atoms with van der Waals surface area (Å²) in [5.74, 6) is 1.45. The number of ether oxygens (including phenoxy) is 1. The maximum atomic E-state index is 13.0. The van der Waals surface area contributed by atoms with Crippen LogP contribution in [0.25, 0.3) is 38.8 Å². The van der Waals surface area contributed by atoms with Gasteiger partial charge in [0.1, 0.15) is 17.3 Å². The van der Waals surface area contributed by atoms with E-state index in [0.29, 0.717) is 30.7 Å². The van der Waals surface area contributed by atoms with Crippen molar-refractivity contribution in [1.29, 1.82) is 0 Å². The summed E-state index contributed by atoms with van der Waals surface area (Å²) in [7, 11) is -1.99. The summed E-state index contributed by atoms with van der Waals surface area (Å²) in [4.78, 5) is 4.78. The van der Waals surface area contributed by atoms with Crippen LogP contribution in [0.3, 0.4) is 0 Å². The molecule has 0 aliphatic heterocycles. The molecule has 0 fully saturated rings. The van der Waals surface area contributed by atoms with Crippen molar-refractivity contribution >= 4 is 26.6 Å². The molecule has 0 spiro atoms. The number of hydrogen-bond donors (Lipinski definition) is 2. The largest absolute Gasteiger partial charge is 0.497 e. The second-order valence-corrected chi connectivity index (χ2v) is 11.7. The molecule has 0 radical (unpaired) electrons. The summed E-state index contributed by atoms with van der Waals surface area (Å²) < 4.78 is 36.1. The van der Waals surface area contributed by atoms with Crippen molar-refractivity contribution in [2.24, 2.45) is 0 Å². The SMILES string of the molecule is COc1cccc(-c2nn(-c3ccccc3)cc2-c2ccnc(NCCCNS(=O)(=O)c3cccc4ccccc34)c2)c1. The van der Waals surface area contributed by atoms with Gasteiger partial charge in [-0.2, -0.15) is 5.10 Å². The minimum Gasteiger partial charge on any atom is -0.497 e. The molecule has 43 heavy (non-hydrogen) atoms. The smallest absolute Gasteiger partial charge is 0.241 e. The van der Waals surface area contributed by atoms with Gasteiger partial charge in [0.25, 0.3) is 0 Å². The third-order valence-electron chi connectivity index (χ3n) is 7.14. The number of nitrogens with one attached hydrogen (secondary N) is 2. The van der Waals surface area contributed by atoms with Gasteiger partial charge in [0, 0.05) is 42.0 Å². The normalized spacial score (nSPS) is 11.5. The zero-order valence-corrected chi connectivity index (χ0v) is 24.5. The molecule has 2 aromatic heterocycles. The van der Waals surface area contributed by atoms with Crippen LogP contribution in [0.5, 0.6) is 5.75 Å². The minimum atomic E-state index is -3.64. The molecule has 8 nitrogen and oxygen atoms in total. The maximum absolute atomic E-state index is 13.0. The van der Waals surface area contributed by atoms with E-state index >= 15 is 0 Å². The molecule has 6 aromatic rings. The van der Waals surface area contributed by atoms with Gasteiger partial charge in [0.15, 0.2) is 0 Å².